The van der Waals surface area contributed by atoms with Crippen LogP contribution < -0.4 is 14.4 Å². The van der Waals surface area contributed by atoms with Crippen molar-refractivity contribution in [2.45, 2.75) is 6.04 Å². The Bertz CT molecular complexity index is 1340. The lowest BCUT2D eigenvalue weighted by atomic mass is 9.94. The first-order valence-corrected chi connectivity index (χ1v) is 10.2. The number of aliphatic hydroxyl groups is 1. The molecule has 170 valence electrons. The molecule has 1 atom stereocenters. The van der Waals surface area contributed by atoms with Gasteiger partial charge in [-0.1, -0.05) is 24.3 Å². The van der Waals surface area contributed by atoms with E-state index in [1.165, 1.54) is 56.7 Å². The second-order valence-electron chi connectivity index (χ2n) is 7.39. The molecule has 1 aliphatic heterocycles. The van der Waals surface area contributed by atoms with Gasteiger partial charge in [0, 0.05) is 11.3 Å². The summed E-state index contributed by atoms with van der Waals surface area (Å²) in [4.78, 5) is 27.6. The number of ether oxygens (including phenoxy) is 2. The number of amides is 1. The lowest BCUT2D eigenvalue weighted by Gasteiger charge is -2.26. The number of benzene rings is 3. The first kappa shape index (κ1) is 22.6. The highest BCUT2D eigenvalue weighted by Crippen LogP contribution is 2.45. The molecule has 1 aliphatic rings. The van der Waals surface area contributed by atoms with Gasteiger partial charge in [-0.15, -0.1) is 0 Å². The van der Waals surface area contributed by atoms with E-state index in [0.29, 0.717) is 5.56 Å². The van der Waals surface area contributed by atoms with Crippen LogP contribution in [0.25, 0.3) is 5.76 Å². The summed E-state index contributed by atoms with van der Waals surface area (Å²) < 4.78 is 25.7. The number of methoxy groups -OCH3 is 2. The molecule has 0 aliphatic carbocycles. The molecule has 1 N–H and O–H groups in total. The predicted molar refractivity (Wildman–Crippen MR) is 122 cm³/mol. The van der Waals surface area contributed by atoms with E-state index in [2.05, 4.69) is 0 Å². The standard InChI is InChI=1S/C26H19FN2O5/c1-33-19-8-5-9-20(34-2)21(19)24(30)22-23(17-6-3-4-7-18(17)27)29(26(32)25(22)31)16-12-10-15(14-28)11-13-16/h3-13,23,30H,1-2H3/b24-22+. The van der Waals surface area contributed by atoms with Gasteiger partial charge in [-0.25, -0.2) is 4.39 Å². The van der Waals surface area contributed by atoms with Gasteiger partial charge in [0.05, 0.1) is 37.5 Å². The number of halogens is 1. The Morgan fingerprint density at radius 3 is 2.15 bits per heavy atom. The Kier molecular flexibility index (Phi) is 6.02. The number of Topliss-reactive ketones (excluding diaryl/α,β-unsaturated/α-hetero) is 1. The van der Waals surface area contributed by atoms with E-state index in [9.17, 15) is 19.1 Å². The van der Waals surface area contributed by atoms with Crippen LogP contribution in [0.5, 0.6) is 11.5 Å². The largest absolute Gasteiger partial charge is 0.506 e. The van der Waals surface area contributed by atoms with Crippen LogP contribution in [-0.2, 0) is 9.59 Å². The molecule has 1 fully saturated rings. The third kappa shape index (κ3) is 3.63. The zero-order chi connectivity index (χ0) is 24.4. The number of hydrogen-bond donors (Lipinski definition) is 1. The van der Waals surface area contributed by atoms with E-state index >= 15 is 0 Å². The summed E-state index contributed by atoms with van der Waals surface area (Å²) >= 11 is 0. The van der Waals surface area contributed by atoms with Crippen molar-refractivity contribution in [3.63, 3.8) is 0 Å². The van der Waals surface area contributed by atoms with Crippen molar-refractivity contribution < 1.29 is 28.6 Å². The summed E-state index contributed by atoms with van der Waals surface area (Å²) in [5, 5.41) is 20.5. The van der Waals surface area contributed by atoms with Crippen molar-refractivity contribution >= 4 is 23.1 Å². The number of carbonyl (C=O) groups is 2. The minimum Gasteiger partial charge on any atom is -0.506 e. The fraction of sp³-hybridized carbons (Fsp3) is 0.115. The monoisotopic (exact) mass is 458 g/mol. The topological polar surface area (TPSA) is 99.9 Å². The first-order valence-electron chi connectivity index (χ1n) is 10.2. The molecule has 0 aromatic heterocycles. The zero-order valence-electron chi connectivity index (χ0n) is 18.3. The van der Waals surface area contributed by atoms with Crippen molar-refractivity contribution in [1.82, 2.24) is 0 Å². The molecule has 1 saturated heterocycles. The predicted octanol–water partition coefficient (Wildman–Crippen LogP) is 4.34. The van der Waals surface area contributed by atoms with E-state index < -0.39 is 29.3 Å². The van der Waals surface area contributed by atoms with Gasteiger partial charge in [0.1, 0.15) is 28.6 Å². The van der Waals surface area contributed by atoms with Gasteiger partial charge in [-0.3, -0.25) is 14.5 Å². The van der Waals surface area contributed by atoms with Crippen LogP contribution in [0.1, 0.15) is 22.7 Å². The molecule has 0 spiro atoms. The normalized spacial score (nSPS) is 16.9. The molecule has 0 radical (unpaired) electrons. The maximum atomic E-state index is 15.0. The molecule has 0 bridgehead atoms. The SMILES string of the molecule is COc1cccc(OC)c1/C(O)=C1\C(=O)C(=O)N(c2ccc(C#N)cc2)C1c1ccccc1F. The van der Waals surface area contributed by atoms with Crippen molar-refractivity contribution in [2.75, 3.05) is 19.1 Å². The first-order chi connectivity index (χ1) is 16.4. The molecule has 0 saturated carbocycles. The highest BCUT2D eigenvalue weighted by Gasteiger charge is 2.48. The van der Waals surface area contributed by atoms with Crippen LogP contribution in [0.15, 0.2) is 72.3 Å². The van der Waals surface area contributed by atoms with Gasteiger partial charge in [0.15, 0.2) is 0 Å². The van der Waals surface area contributed by atoms with Crippen LogP contribution in [0, 0.1) is 17.1 Å². The Hall–Kier alpha value is -4.64. The Morgan fingerprint density at radius 2 is 1.59 bits per heavy atom. The number of aliphatic hydroxyl groups excluding tert-OH is 1. The van der Waals surface area contributed by atoms with Crippen molar-refractivity contribution in [3.8, 4) is 17.6 Å². The highest BCUT2D eigenvalue weighted by molar-refractivity contribution is 6.51. The van der Waals surface area contributed by atoms with Gasteiger partial charge in [0.2, 0.25) is 0 Å². The van der Waals surface area contributed by atoms with E-state index in [-0.39, 0.29) is 33.9 Å². The van der Waals surface area contributed by atoms with Crippen LogP contribution in [0.4, 0.5) is 10.1 Å². The molecular weight excluding hydrogens is 439 g/mol. The van der Waals surface area contributed by atoms with Gasteiger partial charge >= 0.3 is 0 Å². The number of anilines is 1. The minimum atomic E-state index is -1.27. The minimum absolute atomic E-state index is 0.0153. The summed E-state index contributed by atoms with van der Waals surface area (Å²) in [6.45, 7) is 0. The summed E-state index contributed by atoms with van der Waals surface area (Å²) in [6, 6.07) is 17.1. The molecule has 4 rings (SSSR count). The second-order valence-corrected chi connectivity index (χ2v) is 7.39. The second kappa shape index (κ2) is 9.08. The lowest BCUT2D eigenvalue weighted by molar-refractivity contribution is -0.132. The molecule has 1 amide bonds. The van der Waals surface area contributed by atoms with Crippen LogP contribution >= 0.6 is 0 Å². The van der Waals surface area contributed by atoms with Crippen LogP contribution in [0.3, 0.4) is 0 Å². The van der Waals surface area contributed by atoms with E-state index in [4.69, 9.17) is 14.7 Å². The summed E-state index contributed by atoms with van der Waals surface area (Å²) in [7, 11) is 2.77. The molecule has 7 nitrogen and oxygen atoms in total. The summed E-state index contributed by atoms with van der Waals surface area (Å²) in [5.41, 5.74) is 0.373. The van der Waals surface area contributed by atoms with Gasteiger partial charge in [-0.2, -0.15) is 5.26 Å². The molecule has 3 aromatic rings. The molecule has 8 heteroatoms. The smallest absolute Gasteiger partial charge is 0.300 e. The number of nitriles is 1. The highest BCUT2D eigenvalue weighted by atomic mass is 19.1. The third-order valence-electron chi connectivity index (χ3n) is 5.58. The van der Waals surface area contributed by atoms with Crippen LogP contribution in [-0.4, -0.2) is 31.0 Å². The number of hydrogen-bond acceptors (Lipinski definition) is 6. The molecular formula is C26H19FN2O5. The van der Waals surface area contributed by atoms with E-state index in [1.807, 2.05) is 6.07 Å². The Morgan fingerprint density at radius 1 is 0.971 bits per heavy atom. The number of rotatable bonds is 5. The maximum absolute atomic E-state index is 15.0. The molecule has 3 aromatic carbocycles. The quantitative estimate of drug-likeness (QED) is 0.347. The molecule has 1 unspecified atom stereocenters. The van der Waals surface area contributed by atoms with E-state index in [0.717, 1.165) is 4.90 Å². The fourth-order valence-corrected chi connectivity index (χ4v) is 4.01. The fourth-order valence-electron chi connectivity index (χ4n) is 4.01. The summed E-state index contributed by atoms with van der Waals surface area (Å²) in [5.74, 6) is -2.76. The third-order valence-corrected chi connectivity index (χ3v) is 5.58. The van der Waals surface area contributed by atoms with Crippen molar-refractivity contribution in [3.05, 3.63) is 94.8 Å². The zero-order valence-corrected chi connectivity index (χ0v) is 18.3. The van der Waals surface area contributed by atoms with Crippen molar-refractivity contribution in [2.24, 2.45) is 0 Å². The molecule has 1 heterocycles. The number of ketones is 1. The van der Waals surface area contributed by atoms with Gasteiger partial charge < -0.3 is 14.6 Å². The molecule has 34 heavy (non-hydrogen) atoms. The maximum Gasteiger partial charge on any atom is 0.300 e. The van der Waals surface area contributed by atoms with Gasteiger partial charge in [-0.05, 0) is 42.5 Å². The lowest BCUT2D eigenvalue weighted by Crippen LogP contribution is -2.29. The summed E-state index contributed by atoms with van der Waals surface area (Å²) in [6.07, 6.45) is 0. The average Bonchev–Trinajstić information content (AvgIpc) is 3.13. The Balaban J connectivity index is 2.02. The van der Waals surface area contributed by atoms with Crippen LogP contribution in [0.2, 0.25) is 0 Å². The van der Waals surface area contributed by atoms with Crippen molar-refractivity contribution in [1.29, 1.82) is 5.26 Å². The number of nitrogens with zero attached hydrogens (tertiary/aromatic N) is 2. The Labute approximate surface area is 194 Å². The van der Waals surface area contributed by atoms with E-state index in [1.54, 1.807) is 24.3 Å². The average molecular weight is 458 g/mol. The van der Waals surface area contributed by atoms with Gasteiger partial charge in [0.25, 0.3) is 11.7 Å². The number of carbonyl (C=O) groups excluding carboxylic acids is 2.